The smallest absolute Gasteiger partial charge is 0.241 e. The number of benzene rings is 2. The molecule has 0 radical (unpaired) electrons. The van der Waals surface area contributed by atoms with Crippen LogP contribution < -0.4 is 14.8 Å². The Morgan fingerprint density at radius 3 is 2.56 bits per heavy atom. The second kappa shape index (κ2) is 12.0. The van der Waals surface area contributed by atoms with Gasteiger partial charge in [-0.05, 0) is 38.0 Å². The van der Waals surface area contributed by atoms with Crippen LogP contribution in [0.1, 0.15) is 24.0 Å². The molecule has 184 valence electrons. The van der Waals surface area contributed by atoms with E-state index in [4.69, 9.17) is 9.47 Å². The van der Waals surface area contributed by atoms with Crippen LogP contribution in [-0.4, -0.2) is 64.6 Å². The topological polar surface area (TPSA) is 114 Å². The molecule has 1 heterocycles. The number of nitrogens with one attached hydrogen (secondary N) is 2. The molecule has 1 saturated heterocycles. The number of amides is 2. The Labute approximate surface area is 200 Å². The van der Waals surface area contributed by atoms with Crippen molar-refractivity contribution >= 4 is 21.8 Å². The van der Waals surface area contributed by atoms with Crippen LogP contribution in [0, 0.1) is 6.92 Å². The molecule has 2 N–H and O–H groups in total. The molecule has 2 aromatic rings. The Kier molecular flexibility index (Phi) is 9.03. The molecule has 0 saturated carbocycles. The van der Waals surface area contributed by atoms with Crippen molar-refractivity contribution in [3.8, 4) is 5.75 Å². The third kappa shape index (κ3) is 7.28. The summed E-state index contributed by atoms with van der Waals surface area (Å²) in [4.78, 5) is 27.0. The molecule has 0 aliphatic carbocycles. The predicted octanol–water partition coefficient (Wildman–Crippen LogP) is 1.61. The standard InChI is InChI=1S/C24H31N3O6S/c1-18-9-11-21(12-10-18)34(30,31)26-15-24(29)27(16-19-6-3-4-8-22(19)32-2)17-23(28)25-14-20-7-5-13-33-20/h3-4,6,8-12,20,26H,5,7,13-17H2,1-2H3,(H,25,28)/t20-/m1/s1. The highest BCUT2D eigenvalue weighted by Gasteiger charge is 2.23. The summed E-state index contributed by atoms with van der Waals surface area (Å²) >= 11 is 0. The lowest BCUT2D eigenvalue weighted by molar-refractivity contribution is -0.135. The average molecular weight is 490 g/mol. The first-order chi connectivity index (χ1) is 16.3. The van der Waals surface area contributed by atoms with Crippen LogP contribution in [0.5, 0.6) is 5.75 Å². The lowest BCUT2D eigenvalue weighted by Gasteiger charge is -2.24. The zero-order valence-corrected chi connectivity index (χ0v) is 20.3. The Hall–Kier alpha value is -2.95. The number of nitrogens with zero attached hydrogens (tertiary/aromatic N) is 1. The van der Waals surface area contributed by atoms with Crippen LogP contribution in [0.25, 0.3) is 0 Å². The normalized spacial score (nSPS) is 15.6. The first-order valence-electron chi connectivity index (χ1n) is 11.1. The van der Waals surface area contributed by atoms with E-state index >= 15 is 0 Å². The van der Waals surface area contributed by atoms with Crippen molar-refractivity contribution in [3.63, 3.8) is 0 Å². The fourth-order valence-electron chi connectivity index (χ4n) is 3.60. The molecule has 34 heavy (non-hydrogen) atoms. The Balaban J connectivity index is 1.68. The van der Waals surface area contributed by atoms with E-state index < -0.39 is 22.5 Å². The molecule has 9 nitrogen and oxygen atoms in total. The number of sulfonamides is 1. The number of rotatable bonds is 11. The molecule has 0 unspecified atom stereocenters. The van der Waals surface area contributed by atoms with Gasteiger partial charge in [-0.15, -0.1) is 0 Å². The van der Waals surface area contributed by atoms with E-state index in [1.165, 1.54) is 24.1 Å². The quantitative estimate of drug-likeness (QED) is 0.496. The number of hydrogen-bond donors (Lipinski definition) is 2. The van der Waals surface area contributed by atoms with Crippen LogP contribution in [0.2, 0.25) is 0 Å². The van der Waals surface area contributed by atoms with Crippen LogP contribution in [0.4, 0.5) is 0 Å². The van der Waals surface area contributed by atoms with E-state index in [2.05, 4.69) is 10.0 Å². The van der Waals surface area contributed by atoms with Gasteiger partial charge in [0.1, 0.15) is 5.75 Å². The summed E-state index contributed by atoms with van der Waals surface area (Å²) in [5.41, 5.74) is 1.62. The minimum Gasteiger partial charge on any atom is -0.496 e. The third-order valence-electron chi connectivity index (χ3n) is 5.54. The minimum absolute atomic E-state index is 0.0244. The van der Waals surface area contributed by atoms with Gasteiger partial charge in [-0.3, -0.25) is 9.59 Å². The lowest BCUT2D eigenvalue weighted by atomic mass is 10.2. The van der Waals surface area contributed by atoms with Crippen LogP contribution >= 0.6 is 0 Å². The molecule has 2 aromatic carbocycles. The van der Waals surface area contributed by atoms with Gasteiger partial charge in [-0.2, -0.15) is 0 Å². The van der Waals surface area contributed by atoms with Gasteiger partial charge < -0.3 is 19.7 Å². The third-order valence-corrected chi connectivity index (χ3v) is 6.95. The van der Waals surface area contributed by atoms with Gasteiger partial charge in [0.05, 0.1) is 31.2 Å². The van der Waals surface area contributed by atoms with Gasteiger partial charge >= 0.3 is 0 Å². The number of para-hydroxylation sites is 1. The monoisotopic (exact) mass is 489 g/mol. The highest BCUT2D eigenvalue weighted by atomic mass is 32.2. The van der Waals surface area contributed by atoms with E-state index in [9.17, 15) is 18.0 Å². The minimum atomic E-state index is -3.88. The highest BCUT2D eigenvalue weighted by molar-refractivity contribution is 7.89. The summed E-state index contributed by atoms with van der Waals surface area (Å²) in [6.07, 6.45) is 1.81. The van der Waals surface area contributed by atoms with Crippen molar-refractivity contribution in [2.45, 2.75) is 37.3 Å². The van der Waals surface area contributed by atoms with Crippen LogP contribution in [0.15, 0.2) is 53.4 Å². The van der Waals surface area contributed by atoms with Crippen molar-refractivity contribution in [1.29, 1.82) is 0 Å². The Morgan fingerprint density at radius 1 is 1.15 bits per heavy atom. The van der Waals surface area contributed by atoms with Crippen molar-refractivity contribution in [2.75, 3.05) is 33.4 Å². The molecule has 10 heteroatoms. The van der Waals surface area contributed by atoms with Gasteiger partial charge in [0.25, 0.3) is 0 Å². The molecule has 1 aliphatic rings. The fraction of sp³-hybridized carbons (Fsp3) is 0.417. The first-order valence-corrected chi connectivity index (χ1v) is 12.6. The highest BCUT2D eigenvalue weighted by Crippen LogP contribution is 2.19. The zero-order chi connectivity index (χ0) is 24.6. The molecule has 3 rings (SSSR count). The van der Waals surface area contributed by atoms with E-state index in [0.717, 1.165) is 18.4 Å². The number of hydrogen-bond acceptors (Lipinski definition) is 6. The van der Waals surface area contributed by atoms with Gasteiger partial charge in [0.2, 0.25) is 21.8 Å². The molecule has 2 amide bonds. The zero-order valence-electron chi connectivity index (χ0n) is 19.5. The molecule has 0 spiro atoms. The van der Waals surface area contributed by atoms with Gasteiger partial charge in [0.15, 0.2) is 0 Å². The van der Waals surface area contributed by atoms with Crippen molar-refractivity contribution in [2.24, 2.45) is 0 Å². The summed E-state index contributed by atoms with van der Waals surface area (Å²) in [7, 11) is -2.36. The molecule has 1 aliphatic heterocycles. The number of carbonyl (C=O) groups excluding carboxylic acids is 2. The fourth-order valence-corrected chi connectivity index (χ4v) is 4.58. The van der Waals surface area contributed by atoms with Crippen molar-refractivity contribution < 1.29 is 27.5 Å². The van der Waals surface area contributed by atoms with E-state index in [1.807, 2.05) is 6.92 Å². The number of aryl methyl sites for hydroxylation is 1. The summed E-state index contributed by atoms with van der Waals surface area (Å²) in [5, 5.41) is 2.80. The number of ether oxygens (including phenoxy) is 2. The maximum atomic E-state index is 13.0. The van der Waals surface area contributed by atoms with E-state index in [1.54, 1.807) is 36.4 Å². The second-order valence-electron chi connectivity index (χ2n) is 8.14. The second-order valence-corrected chi connectivity index (χ2v) is 9.91. The summed E-state index contributed by atoms with van der Waals surface area (Å²) in [5.74, 6) is -0.311. The van der Waals surface area contributed by atoms with E-state index in [0.29, 0.717) is 24.5 Å². The van der Waals surface area contributed by atoms with Crippen LogP contribution in [0.3, 0.4) is 0 Å². The Bertz CT molecular complexity index is 1080. The maximum absolute atomic E-state index is 13.0. The molecule has 0 bridgehead atoms. The molecule has 0 aromatic heterocycles. The lowest BCUT2D eigenvalue weighted by Crippen LogP contribution is -2.45. The van der Waals surface area contributed by atoms with E-state index in [-0.39, 0.29) is 30.0 Å². The number of carbonyl (C=O) groups is 2. The average Bonchev–Trinajstić information content (AvgIpc) is 3.35. The SMILES string of the molecule is COc1ccccc1CN(CC(=O)NC[C@H]1CCCO1)C(=O)CNS(=O)(=O)c1ccc(C)cc1. The Morgan fingerprint density at radius 2 is 1.88 bits per heavy atom. The summed E-state index contributed by atoms with van der Waals surface area (Å²) < 4.78 is 38.4. The van der Waals surface area contributed by atoms with Crippen LogP contribution in [-0.2, 0) is 30.9 Å². The molecule has 1 atom stereocenters. The predicted molar refractivity (Wildman–Crippen MR) is 127 cm³/mol. The molecular weight excluding hydrogens is 458 g/mol. The van der Waals surface area contributed by atoms with Gasteiger partial charge in [-0.25, -0.2) is 13.1 Å². The van der Waals surface area contributed by atoms with Crippen molar-refractivity contribution in [1.82, 2.24) is 14.9 Å². The van der Waals surface area contributed by atoms with Gasteiger partial charge in [0, 0.05) is 25.3 Å². The molecule has 1 fully saturated rings. The maximum Gasteiger partial charge on any atom is 0.241 e. The molecular formula is C24H31N3O6S. The number of methoxy groups -OCH3 is 1. The summed E-state index contributed by atoms with van der Waals surface area (Å²) in [6, 6.07) is 13.5. The van der Waals surface area contributed by atoms with Gasteiger partial charge in [-0.1, -0.05) is 35.9 Å². The summed E-state index contributed by atoms with van der Waals surface area (Å²) in [6.45, 7) is 2.28. The first kappa shape index (κ1) is 25.7. The largest absolute Gasteiger partial charge is 0.496 e. The van der Waals surface area contributed by atoms with Crippen molar-refractivity contribution in [3.05, 3.63) is 59.7 Å².